The largest absolute Gasteiger partial charge is 0.338 e. The van der Waals surface area contributed by atoms with Gasteiger partial charge in [-0.1, -0.05) is 23.4 Å². The summed E-state index contributed by atoms with van der Waals surface area (Å²) < 4.78 is 5.60. The molecule has 2 N–H and O–H groups in total. The first-order valence-corrected chi connectivity index (χ1v) is 7.94. The predicted molar refractivity (Wildman–Crippen MR) is 85.1 cm³/mol. The molecule has 6 heteroatoms. The Morgan fingerprint density at radius 2 is 2.22 bits per heavy atom. The Bertz CT molecular complexity index is 960. The van der Waals surface area contributed by atoms with Crippen molar-refractivity contribution in [1.82, 2.24) is 20.4 Å². The highest BCUT2D eigenvalue weighted by atomic mass is 16.5. The smallest absolute Gasteiger partial charge is 0.249 e. The molecule has 5 rings (SSSR count). The van der Waals surface area contributed by atoms with E-state index in [-0.39, 0.29) is 11.0 Å². The molecule has 3 heterocycles. The zero-order valence-electron chi connectivity index (χ0n) is 12.5. The minimum atomic E-state index is -0.160. The van der Waals surface area contributed by atoms with Crippen LogP contribution in [0.25, 0.3) is 22.3 Å². The summed E-state index contributed by atoms with van der Waals surface area (Å²) in [4.78, 5) is 19.4. The van der Waals surface area contributed by atoms with E-state index in [1.165, 1.54) is 6.42 Å². The van der Waals surface area contributed by atoms with Crippen molar-refractivity contribution in [2.24, 2.45) is 5.92 Å². The molecule has 0 unspecified atom stereocenters. The lowest BCUT2D eigenvalue weighted by Gasteiger charge is -2.40. The van der Waals surface area contributed by atoms with Crippen LogP contribution in [0.4, 0.5) is 0 Å². The van der Waals surface area contributed by atoms with Gasteiger partial charge in [-0.25, -0.2) is 0 Å². The van der Waals surface area contributed by atoms with Crippen LogP contribution in [0.1, 0.15) is 18.7 Å². The van der Waals surface area contributed by atoms with Crippen LogP contribution in [0.5, 0.6) is 0 Å². The number of hydrogen-bond acceptors (Lipinski definition) is 5. The Balaban J connectivity index is 1.65. The van der Waals surface area contributed by atoms with E-state index in [1.54, 1.807) is 6.07 Å². The van der Waals surface area contributed by atoms with Gasteiger partial charge >= 0.3 is 0 Å². The molecule has 3 aromatic rings. The van der Waals surface area contributed by atoms with Crippen LogP contribution in [-0.2, 0) is 5.41 Å². The highest BCUT2D eigenvalue weighted by Crippen LogP contribution is 2.50. The van der Waals surface area contributed by atoms with Crippen molar-refractivity contribution in [2.45, 2.75) is 18.3 Å². The van der Waals surface area contributed by atoms with Crippen molar-refractivity contribution in [1.29, 1.82) is 0 Å². The molecule has 6 nitrogen and oxygen atoms in total. The van der Waals surface area contributed by atoms with E-state index in [1.807, 2.05) is 24.3 Å². The fraction of sp³-hybridized carbons (Fsp3) is 0.353. The number of rotatable bonds is 2. The van der Waals surface area contributed by atoms with E-state index >= 15 is 0 Å². The molecule has 23 heavy (non-hydrogen) atoms. The molecule has 0 spiro atoms. The van der Waals surface area contributed by atoms with E-state index in [9.17, 15) is 4.79 Å². The first kappa shape index (κ1) is 13.0. The van der Waals surface area contributed by atoms with E-state index in [0.29, 0.717) is 17.6 Å². The summed E-state index contributed by atoms with van der Waals surface area (Å²) >= 11 is 0. The zero-order chi connectivity index (χ0) is 15.4. The second-order valence-electron chi connectivity index (χ2n) is 6.54. The summed E-state index contributed by atoms with van der Waals surface area (Å²) in [7, 11) is 0. The molecule has 2 aromatic heterocycles. The van der Waals surface area contributed by atoms with Crippen LogP contribution in [0.2, 0.25) is 0 Å². The molecule has 0 radical (unpaired) electrons. The third kappa shape index (κ3) is 1.75. The van der Waals surface area contributed by atoms with Gasteiger partial charge in [0.15, 0.2) is 0 Å². The average Bonchev–Trinajstić information content (AvgIpc) is 3.12. The number of nitrogens with zero attached hydrogens (tertiary/aromatic N) is 2. The van der Waals surface area contributed by atoms with Gasteiger partial charge in [-0.3, -0.25) is 4.79 Å². The summed E-state index contributed by atoms with van der Waals surface area (Å²) in [5, 5.41) is 8.52. The number of pyridine rings is 1. The van der Waals surface area contributed by atoms with Gasteiger partial charge in [0.1, 0.15) is 0 Å². The number of aromatic nitrogens is 3. The molecule has 0 amide bonds. The molecule has 1 aliphatic carbocycles. The summed E-state index contributed by atoms with van der Waals surface area (Å²) in [6.07, 6.45) is 2.29. The van der Waals surface area contributed by atoms with Crippen LogP contribution in [0.3, 0.4) is 0 Å². The molecular formula is C17H16N4O2. The Labute approximate surface area is 131 Å². The molecule has 0 bridgehead atoms. The van der Waals surface area contributed by atoms with Crippen LogP contribution in [-0.4, -0.2) is 28.2 Å². The van der Waals surface area contributed by atoms with Gasteiger partial charge in [0.05, 0.1) is 5.41 Å². The molecule has 2 fully saturated rings. The van der Waals surface area contributed by atoms with Crippen LogP contribution in [0.15, 0.2) is 39.6 Å². The summed E-state index contributed by atoms with van der Waals surface area (Å²) in [6, 6.07) is 9.21. The second kappa shape index (κ2) is 4.52. The van der Waals surface area contributed by atoms with Gasteiger partial charge in [0.2, 0.25) is 17.3 Å². The molecule has 1 aromatic carbocycles. The van der Waals surface area contributed by atoms with Crippen molar-refractivity contribution < 1.29 is 4.52 Å². The average molecular weight is 308 g/mol. The quantitative estimate of drug-likeness (QED) is 0.754. The Morgan fingerprint density at radius 3 is 3.04 bits per heavy atom. The predicted octanol–water partition coefficient (Wildman–Crippen LogP) is 1.83. The lowest BCUT2D eigenvalue weighted by atomic mass is 9.62. The van der Waals surface area contributed by atoms with Crippen molar-refractivity contribution in [2.75, 3.05) is 13.1 Å². The molecule has 1 saturated carbocycles. The van der Waals surface area contributed by atoms with Gasteiger partial charge < -0.3 is 14.8 Å². The number of nitrogens with one attached hydrogen (secondary N) is 2. The maximum absolute atomic E-state index is 11.9. The highest BCUT2D eigenvalue weighted by molar-refractivity contribution is 5.92. The van der Waals surface area contributed by atoms with Gasteiger partial charge in [-0.2, -0.15) is 4.98 Å². The lowest BCUT2D eigenvalue weighted by molar-refractivity contribution is 0.131. The second-order valence-corrected chi connectivity index (χ2v) is 6.54. The Kier molecular flexibility index (Phi) is 2.56. The number of fused-ring (bicyclic) bond motifs is 2. The molecule has 1 aliphatic heterocycles. The van der Waals surface area contributed by atoms with Crippen LogP contribution >= 0.6 is 0 Å². The van der Waals surface area contributed by atoms with Crippen LogP contribution in [0, 0.1) is 5.92 Å². The van der Waals surface area contributed by atoms with Crippen molar-refractivity contribution >= 4 is 10.9 Å². The molecular weight excluding hydrogens is 292 g/mol. The summed E-state index contributed by atoms with van der Waals surface area (Å²) in [5.41, 5.74) is 1.34. The van der Waals surface area contributed by atoms with Crippen LogP contribution < -0.4 is 10.9 Å². The first-order valence-electron chi connectivity index (χ1n) is 7.94. The fourth-order valence-corrected chi connectivity index (χ4v) is 3.98. The minimum Gasteiger partial charge on any atom is -0.338 e. The monoisotopic (exact) mass is 308 g/mol. The standard InChI is InChI=1S/C17H16N4O2/c22-14-7-12(11-3-1-2-4-13(11)19-14)15-20-16(23-21-15)17-6-5-10(17)8-18-9-17/h1-4,7,10,18H,5-6,8-9H2,(H,19,22)/t10-,17-/m0/s1. The third-order valence-electron chi connectivity index (χ3n) is 5.39. The number of hydrogen-bond donors (Lipinski definition) is 2. The van der Waals surface area contributed by atoms with Gasteiger partial charge in [-0.05, 0) is 31.4 Å². The van der Waals surface area contributed by atoms with Crippen molar-refractivity contribution in [3.63, 3.8) is 0 Å². The van der Waals surface area contributed by atoms with Gasteiger partial charge in [0.25, 0.3) is 0 Å². The minimum absolute atomic E-state index is 0.00224. The SMILES string of the molecule is O=c1cc(-c2noc([C@]34CC[C@H]3CNC4)n2)c2ccccc2[nH]1. The zero-order valence-corrected chi connectivity index (χ0v) is 12.5. The van der Waals surface area contributed by atoms with E-state index in [2.05, 4.69) is 20.4 Å². The van der Waals surface area contributed by atoms with Crippen molar-refractivity contribution in [3.05, 3.63) is 46.6 Å². The summed E-state index contributed by atoms with van der Waals surface area (Å²) in [5.74, 6) is 1.79. The lowest BCUT2D eigenvalue weighted by Crippen LogP contribution is -2.43. The van der Waals surface area contributed by atoms with E-state index in [4.69, 9.17) is 4.52 Å². The van der Waals surface area contributed by atoms with Gasteiger partial charge in [0, 0.05) is 29.1 Å². The van der Waals surface area contributed by atoms with Gasteiger partial charge in [-0.15, -0.1) is 0 Å². The molecule has 116 valence electrons. The van der Waals surface area contributed by atoms with E-state index in [0.717, 1.165) is 36.0 Å². The highest BCUT2D eigenvalue weighted by Gasteiger charge is 2.54. The number of aromatic amines is 1. The Hall–Kier alpha value is -2.47. The number of benzene rings is 1. The maximum atomic E-state index is 11.9. The molecule has 2 atom stereocenters. The fourth-order valence-electron chi connectivity index (χ4n) is 3.98. The maximum Gasteiger partial charge on any atom is 0.249 e. The Morgan fingerprint density at radius 1 is 1.30 bits per heavy atom. The number of para-hydroxylation sites is 1. The van der Waals surface area contributed by atoms with Crippen molar-refractivity contribution in [3.8, 4) is 11.4 Å². The number of H-pyrrole nitrogens is 1. The summed E-state index contributed by atoms with van der Waals surface area (Å²) in [6.45, 7) is 1.92. The normalized spacial score (nSPS) is 26.2. The molecule has 2 aliphatic rings. The molecule has 1 saturated heterocycles. The topological polar surface area (TPSA) is 83.8 Å². The third-order valence-corrected chi connectivity index (χ3v) is 5.39. The van der Waals surface area contributed by atoms with E-state index < -0.39 is 0 Å². The first-order chi connectivity index (χ1) is 11.3.